The van der Waals surface area contributed by atoms with E-state index in [1.165, 1.54) is 12.8 Å². The molecule has 2 rings (SSSR count). The highest BCUT2D eigenvalue weighted by Gasteiger charge is 2.26. The maximum atomic E-state index is 4.69. The zero-order valence-corrected chi connectivity index (χ0v) is 13.3. The first-order chi connectivity index (χ1) is 8.37. The molecule has 1 aromatic rings. The van der Waals surface area contributed by atoms with Gasteiger partial charge in [0.05, 0.1) is 0 Å². The molecule has 0 N–H and O–H groups in total. The maximum Gasteiger partial charge on any atom is 0.134 e. The summed E-state index contributed by atoms with van der Waals surface area (Å²) in [4.78, 5) is 11.5. The van der Waals surface area contributed by atoms with E-state index in [9.17, 15) is 0 Å². The molecule has 0 amide bonds. The topological polar surface area (TPSA) is 29.0 Å². The largest absolute Gasteiger partial charge is 0.356 e. The summed E-state index contributed by atoms with van der Waals surface area (Å²) in [5, 5.41) is 0. The first kappa shape index (κ1) is 13.8. The average molecular weight is 312 g/mol. The monoisotopic (exact) mass is 311 g/mol. The summed E-state index contributed by atoms with van der Waals surface area (Å²) in [6.45, 7) is 11.1. The minimum absolute atomic E-state index is 0.363. The van der Waals surface area contributed by atoms with E-state index >= 15 is 0 Å². The van der Waals surface area contributed by atoms with Gasteiger partial charge in [-0.2, -0.15) is 0 Å². The number of rotatable bonds is 2. The third-order valence-corrected chi connectivity index (χ3v) is 4.06. The number of anilines is 1. The SMILES string of the molecule is CC(C)c1nc(Br)cc(N2CCC(C)(C)CC2)n1. The summed E-state index contributed by atoms with van der Waals surface area (Å²) < 4.78 is 0.890. The van der Waals surface area contributed by atoms with Crippen LogP contribution < -0.4 is 4.90 Å². The summed E-state index contributed by atoms with van der Waals surface area (Å²) in [6.07, 6.45) is 2.46. The van der Waals surface area contributed by atoms with Crippen molar-refractivity contribution in [1.29, 1.82) is 0 Å². The number of halogens is 1. The normalized spacial score (nSPS) is 19.3. The van der Waals surface area contributed by atoms with Gasteiger partial charge >= 0.3 is 0 Å². The fourth-order valence-corrected chi connectivity index (χ4v) is 2.57. The molecule has 2 heterocycles. The predicted molar refractivity (Wildman–Crippen MR) is 79.0 cm³/mol. The van der Waals surface area contributed by atoms with Crippen molar-refractivity contribution >= 4 is 21.7 Å². The van der Waals surface area contributed by atoms with Crippen LogP contribution in [0.5, 0.6) is 0 Å². The van der Waals surface area contributed by atoms with E-state index in [2.05, 4.69) is 58.5 Å². The van der Waals surface area contributed by atoms with Crippen LogP contribution in [0.1, 0.15) is 52.3 Å². The van der Waals surface area contributed by atoms with E-state index < -0.39 is 0 Å². The van der Waals surface area contributed by atoms with Gasteiger partial charge in [0.15, 0.2) is 0 Å². The van der Waals surface area contributed by atoms with Gasteiger partial charge in [0, 0.05) is 25.1 Å². The molecule has 1 aliphatic heterocycles. The highest BCUT2D eigenvalue weighted by Crippen LogP contribution is 2.32. The Morgan fingerprint density at radius 1 is 1.22 bits per heavy atom. The van der Waals surface area contributed by atoms with E-state index in [-0.39, 0.29) is 0 Å². The number of aromatic nitrogens is 2. The van der Waals surface area contributed by atoms with E-state index in [1.54, 1.807) is 0 Å². The zero-order chi connectivity index (χ0) is 13.3. The minimum atomic E-state index is 0.363. The Morgan fingerprint density at radius 2 is 1.83 bits per heavy atom. The highest BCUT2D eigenvalue weighted by molar-refractivity contribution is 9.10. The lowest BCUT2D eigenvalue weighted by Gasteiger charge is -2.37. The van der Waals surface area contributed by atoms with Gasteiger partial charge in [0.1, 0.15) is 16.2 Å². The van der Waals surface area contributed by atoms with Gasteiger partial charge in [-0.05, 0) is 34.2 Å². The molecule has 3 nitrogen and oxygen atoms in total. The van der Waals surface area contributed by atoms with Crippen LogP contribution in [0, 0.1) is 5.41 Å². The highest BCUT2D eigenvalue weighted by atomic mass is 79.9. The number of nitrogens with zero attached hydrogens (tertiary/aromatic N) is 3. The molecule has 4 heteroatoms. The molecule has 1 aromatic heterocycles. The average Bonchev–Trinajstić information content (AvgIpc) is 2.28. The lowest BCUT2D eigenvalue weighted by molar-refractivity contribution is 0.279. The van der Waals surface area contributed by atoms with Gasteiger partial charge in [-0.1, -0.05) is 27.7 Å². The Kier molecular flexibility index (Phi) is 3.95. The van der Waals surface area contributed by atoms with Gasteiger partial charge in [-0.15, -0.1) is 0 Å². The number of hydrogen-bond acceptors (Lipinski definition) is 3. The second kappa shape index (κ2) is 5.16. The molecular weight excluding hydrogens is 290 g/mol. The summed E-state index contributed by atoms with van der Waals surface area (Å²) in [6, 6.07) is 2.03. The van der Waals surface area contributed by atoms with Crippen molar-refractivity contribution in [3.8, 4) is 0 Å². The van der Waals surface area contributed by atoms with Crippen molar-refractivity contribution in [1.82, 2.24) is 9.97 Å². The molecule has 0 saturated carbocycles. The van der Waals surface area contributed by atoms with Crippen molar-refractivity contribution < 1.29 is 0 Å². The second-order valence-corrected chi connectivity index (χ2v) is 7.03. The molecule has 0 atom stereocenters. The molecular formula is C14H22BrN3. The Balaban J connectivity index is 2.19. The molecule has 0 unspecified atom stereocenters. The fraction of sp³-hybridized carbons (Fsp3) is 0.714. The second-order valence-electron chi connectivity index (χ2n) is 6.21. The van der Waals surface area contributed by atoms with Gasteiger partial charge in [0.2, 0.25) is 0 Å². The Morgan fingerprint density at radius 3 is 2.39 bits per heavy atom. The van der Waals surface area contributed by atoms with Crippen LogP contribution >= 0.6 is 15.9 Å². The molecule has 0 radical (unpaired) electrons. The van der Waals surface area contributed by atoms with Crippen molar-refractivity contribution in [3.05, 3.63) is 16.5 Å². The van der Waals surface area contributed by atoms with Gasteiger partial charge in [0.25, 0.3) is 0 Å². The molecule has 1 aliphatic rings. The Labute approximate surface area is 118 Å². The standard InChI is InChI=1S/C14H22BrN3/c1-10(2)13-16-11(15)9-12(17-13)18-7-5-14(3,4)6-8-18/h9-10H,5-8H2,1-4H3. The molecule has 1 fully saturated rings. The Bertz CT molecular complexity index is 419. The number of hydrogen-bond donors (Lipinski definition) is 0. The van der Waals surface area contributed by atoms with Crippen molar-refractivity contribution in [3.63, 3.8) is 0 Å². The summed E-state index contributed by atoms with van der Waals surface area (Å²) in [5.41, 5.74) is 0.474. The lowest BCUT2D eigenvalue weighted by Crippen LogP contribution is -2.37. The van der Waals surface area contributed by atoms with E-state index in [0.717, 1.165) is 29.3 Å². The first-order valence-electron chi connectivity index (χ1n) is 6.67. The van der Waals surface area contributed by atoms with Crippen molar-refractivity contribution in [2.45, 2.75) is 46.5 Å². The first-order valence-corrected chi connectivity index (χ1v) is 7.46. The number of piperidine rings is 1. The van der Waals surface area contributed by atoms with Crippen molar-refractivity contribution in [2.24, 2.45) is 5.41 Å². The summed E-state index contributed by atoms with van der Waals surface area (Å²) in [7, 11) is 0. The summed E-state index contributed by atoms with van der Waals surface area (Å²) in [5.74, 6) is 2.35. The van der Waals surface area contributed by atoms with Gasteiger partial charge in [-0.25, -0.2) is 9.97 Å². The van der Waals surface area contributed by atoms with Crippen LogP contribution in [0.15, 0.2) is 10.7 Å². The predicted octanol–water partition coefficient (Wildman–Crippen LogP) is 3.99. The lowest BCUT2D eigenvalue weighted by atomic mass is 9.83. The molecule has 0 spiro atoms. The third-order valence-electron chi connectivity index (χ3n) is 3.66. The molecule has 1 saturated heterocycles. The van der Waals surface area contributed by atoms with E-state index in [1.807, 2.05) is 6.07 Å². The van der Waals surface area contributed by atoms with Crippen molar-refractivity contribution in [2.75, 3.05) is 18.0 Å². The maximum absolute atomic E-state index is 4.69. The molecule has 0 bridgehead atoms. The van der Waals surface area contributed by atoms with Gasteiger partial charge < -0.3 is 4.90 Å². The van der Waals surface area contributed by atoms with Crippen LogP contribution in [0.2, 0.25) is 0 Å². The quantitative estimate of drug-likeness (QED) is 0.773. The summed E-state index contributed by atoms with van der Waals surface area (Å²) >= 11 is 3.49. The van der Waals surface area contributed by atoms with Crippen LogP contribution in [0.3, 0.4) is 0 Å². The van der Waals surface area contributed by atoms with E-state index in [0.29, 0.717) is 11.3 Å². The van der Waals surface area contributed by atoms with Crippen LogP contribution in [0.4, 0.5) is 5.82 Å². The van der Waals surface area contributed by atoms with Crippen LogP contribution in [-0.2, 0) is 0 Å². The van der Waals surface area contributed by atoms with Crippen LogP contribution in [-0.4, -0.2) is 23.1 Å². The van der Waals surface area contributed by atoms with Crippen LogP contribution in [0.25, 0.3) is 0 Å². The molecule has 100 valence electrons. The Hall–Kier alpha value is -0.640. The zero-order valence-electron chi connectivity index (χ0n) is 11.7. The third kappa shape index (κ3) is 3.22. The van der Waals surface area contributed by atoms with E-state index in [4.69, 9.17) is 0 Å². The smallest absolute Gasteiger partial charge is 0.134 e. The van der Waals surface area contributed by atoms with Gasteiger partial charge in [-0.3, -0.25) is 0 Å². The molecule has 18 heavy (non-hydrogen) atoms. The molecule has 0 aliphatic carbocycles. The molecule has 0 aromatic carbocycles. The fourth-order valence-electron chi connectivity index (χ4n) is 2.18. The minimum Gasteiger partial charge on any atom is -0.356 e.